The summed E-state index contributed by atoms with van der Waals surface area (Å²) >= 11 is 19.9. The molecule has 0 fully saturated rings. The maximum Gasteiger partial charge on any atom is 0.242 e. The van der Waals surface area contributed by atoms with Crippen LogP contribution in [0, 0.1) is 0 Å². The number of nitrogens with one attached hydrogen (secondary N) is 1. The highest BCUT2D eigenvalue weighted by Crippen LogP contribution is 2.28. The van der Waals surface area contributed by atoms with Gasteiger partial charge in [-0.2, -0.15) is 0 Å². The molecule has 1 unspecified atom stereocenters. The molecule has 0 radical (unpaired) electrons. The van der Waals surface area contributed by atoms with E-state index in [0.717, 1.165) is 4.90 Å². The Morgan fingerprint density at radius 3 is 2.21 bits per heavy atom. The summed E-state index contributed by atoms with van der Waals surface area (Å²) in [6, 6.07) is 11.8. The van der Waals surface area contributed by atoms with Crippen molar-refractivity contribution in [1.82, 2.24) is 10.2 Å². The number of carbonyl (C=O) groups is 2. The Labute approximate surface area is 184 Å². The molecule has 0 bridgehead atoms. The summed E-state index contributed by atoms with van der Waals surface area (Å²) < 4.78 is 0. The van der Waals surface area contributed by atoms with Crippen LogP contribution in [0.3, 0.4) is 0 Å². The van der Waals surface area contributed by atoms with Crippen molar-refractivity contribution in [3.05, 3.63) is 63.1 Å². The van der Waals surface area contributed by atoms with Gasteiger partial charge in [0.05, 0.1) is 5.75 Å². The van der Waals surface area contributed by atoms with Gasteiger partial charge in [-0.3, -0.25) is 9.59 Å². The lowest BCUT2D eigenvalue weighted by Gasteiger charge is -2.30. The highest BCUT2D eigenvalue weighted by atomic mass is 35.5. The van der Waals surface area contributed by atoms with E-state index in [1.807, 2.05) is 19.1 Å². The van der Waals surface area contributed by atoms with Gasteiger partial charge in [0.15, 0.2) is 0 Å². The normalized spacial score (nSPS) is 11.8. The number of rotatable bonds is 8. The first kappa shape index (κ1) is 22.9. The summed E-state index contributed by atoms with van der Waals surface area (Å²) in [5.41, 5.74) is 0.623. The van der Waals surface area contributed by atoms with E-state index in [-0.39, 0.29) is 24.1 Å². The predicted molar refractivity (Wildman–Crippen MR) is 117 cm³/mol. The topological polar surface area (TPSA) is 49.4 Å². The molecule has 0 heterocycles. The number of halogens is 3. The maximum absolute atomic E-state index is 13.0. The smallest absolute Gasteiger partial charge is 0.242 e. The zero-order valence-corrected chi connectivity index (χ0v) is 18.6. The van der Waals surface area contributed by atoms with E-state index in [9.17, 15) is 9.59 Å². The third kappa shape index (κ3) is 6.05. The third-order valence-corrected chi connectivity index (χ3v) is 6.16. The second kappa shape index (κ2) is 11.0. The Balaban J connectivity index is 2.24. The van der Waals surface area contributed by atoms with Crippen LogP contribution in [0.25, 0.3) is 0 Å². The van der Waals surface area contributed by atoms with Gasteiger partial charge < -0.3 is 10.2 Å². The fraction of sp³-hybridized carbons (Fsp3) is 0.300. The van der Waals surface area contributed by atoms with E-state index >= 15 is 0 Å². The van der Waals surface area contributed by atoms with Crippen LogP contribution in [0.4, 0.5) is 0 Å². The molecule has 28 heavy (non-hydrogen) atoms. The molecule has 0 aliphatic rings. The Bertz CT molecular complexity index is 810. The van der Waals surface area contributed by atoms with E-state index in [1.165, 1.54) is 16.7 Å². The quantitative estimate of drug-likeness (QED) is 0.545. The van der Waals surface area contributed by atoms with Crippen molar-refractivity contribution in [3.8, 4) is 0 Å². The second-order valence-corrected chi connectivity index (χ2v) is 8.30. The number of likely N-dealkylation sites (N-methyl/N-ethyl adjacent to an activating group) is 1. The average molecular weight is 460 g/mol. The molecule has 2 aromatic rings. The van der Waals surface area contributed by atoms with Crippen molar-refractivity contribution in [2.24, 2.45) is 0 Å². The molecule has 0 saturated heterocycles. The minimum absolute atomic E-state index is 0.157. The molecule has 2 amide bonds. The molecule has 0 saturated carbocycles. The van der Waals surface area contributed by atoms with Crippen molar-refractivity contribution in [2.45, 2.75) is 30.8 Å². The van der Waals surface area contributed by atoms with Gasteiger partial charge in [-0.05, 0) is 42.8 Å². The minimum Gasteiger partial charge on any atom is -0.357 e. The van der Waals surface area contributed by atoms with Crippen LogP contribution in [-0.2, 0) is 16.1 Å². The van der Waals surface area contributed by atoms with Crippen LogP contribution in [-0.4, -0.2) is 35.6 Å². The number of hydrogen-bond acceptors (Lipinski definition) is 3. The summed E-state index contributed by atoms with van der Waals surface area (Å²) in [5, 5.41) is 4.18. The molecule has 8 heteroatoms. The highest BCUT2D eigenvalue weighted by molar-refractivity contribution is 8.00. The largest absolute Gasteiger partial charge is 0.357 e. The van der Waals surface area contributed by atoms with Crippen molar-refractivity contribution in [3.63, 3.8) is 0 Å². The Morgan fingerprint density at radius 2 is 1.68 bits per heavy atom. The SMILES string of the molecule is CCC(C(=O)NC)N(Cc1c(Cl)cccc1Cl)C(=O)CSc1ccc(Cl)cc1. The molecular weight excluding hydrogens is 439 g/mol. The van der Waals surface area contributed by atoms with Gasteiger partial charge in [0.2, 0.25) is 11.8 Å². The molecule has 4 nitrogen and oxygen atoms in total. The molecular formula is C20H21Cl3N2O2S. The maximum atomic E-state index is 13.0. The van der Waals surface area contributed by atoms with Crippen molar-refractivity contribution in [2.75, 3.05) is 12.8 Å². The molecule has 2 aromatic carbocycles. The van der Waals surface area contributed by atoms with E-state index in [4.69, 9.17) is 34.8 Å². The van der Waals surface area contributed by atoms with Gasteiger partial charge in [0, 0.05) is 39.1 Å². The third-order valence-electron chi connectivity index (χ3n) is 4.20. The molecule has 0 aliphatic heterocycles. The van der Waals surface area contributed by atoms with Gasteiger partial charge in [-0.25, -0.2) is 0 Å². The minimum atomic E-state index is -0.615. The summed E-state index contributed by atoms with van der Waals surface area (Å²) in [6.07, 6.45) is 0.471. The Kier molecular flexibility index (Phi) is 8.96. The monoisotopic (exact) mass is 458 g/mol. The summed E-state index contributed by atoms with van der Waals surface area (Å²) in [7, 11) is 1.55. The van der Waals surface area contributed by atoms with Gasteiger partial charge in [-0.1, -0.05) is 47.8 Å². The van der Waals surface area contributed by atoms with E-state index in [2.05, 4.69) is 5.32 Å². The molecule has 0 aromatic heterocycles. The molecule has 2 rings (SSSR count). The molecule has 0 aliphatic carbocycles. The van der Waals surface area contributed by atoms with Gasteiger partial charge in [0.1, 0.15) is 6.04 Å². The number of carbonyl (C=O) groups excluding carboxylic acids is 2. The fourth-order valence-corrected chi connectivity index (χ4v) is 4.13. The van der Waals surface area contributed by atoms with Crippen LogP contribution in [0.15, 0.2) is 47.4 Å². The van der Waals surface area contributed by atoms with Gasteiger partial charge in [0.25, 0.3) is 0 Å². The van der Waals surface area contributed by atoms with E-state index < -0.39 is 6.04 Å². The first-order chi connectivity index (χ1) is 13.4. The zero-order valence-electron chi connectivity index (χ0n) is 15.5. The first-order valence-corrected chi connectivity index (χ1v) is 10.8. The number of thioether (sulfide) groups is 1. The molecule has 1 atom stereocenters. The molecule has 0 spiro atoms. The Morgan fingerprint density at radius 1 is 1.07 bits per heavy atom. The second-order valence-electron chi connectivity index (χ2n) is 6.00. The lowest BCUT2D eigenvalue weighted by atomic mass is 10.1. The predicted octanol–water partition coefficient (Wildman–Crippen LogP) is 5.29. The number of amides is 2. The Hall–Kier alpha value is -1.40. The van der Waals surface area contributed by atoms with Crippen LogP contribution < -0.4 is 5.32 Å². The lowest BCUT2D eigenvalue weighted by molar-refractivity contribution is -0.139. The van der Waals surface area contributed by atoms with Crippen molar-refractivity contribution < 1.29 is 9.59 Å². The van der Waals surface area contributed by atoms with Crippen molar-refractivity contribution in [1.29, 1.82) is 0 Å². The first-order valence-electron chi connectivity index (χ1n) is 8.69. The molecule has 1 N–H and O–H groups in total. The summed E-state index contributed by atoms with van der Waals surface area (Å²) in [4.78, 5) is 27.9. The number of hydrogen-bond donors (Lipinski definition) is 1. The summed E-state index contributed by atoms with van der Waals surface area (Å²) in [6.45, 7) is 2.02. The van der Waals surface area contributed by atoms with Crippen LogP contribution >= 0.6 is 46.6 Å². The van der Waals surface area contributed by atoms with Crippen LogP contribution in [0.1, 0.15) is 18.9 Å². The average Bonchev–Trinajstić information content (AvgIpc) is 2.69. The lowest BCUT2D eigenvalue weighted by Crippen LogP contribution is -2.48. The van der Waals surface area contributed by atoms with Gasteiger partial charge >= 0.3 is 0 Å². The number of nitrogens with zero attached hydrogens (tertiary/aromatic N) is 1. The standard InChI is InChI=1S/C20H21Cl3N2O2S/c1-3-18(20(27)24-2)25(11-15-16(22)5-4-6-17(15)23)19(26)12-28-14-9-7-13(21)8-10-14/h4-10,18H,3,11-12H2,1-2H3,(H,24,27). The van der Waals surface area contributed by atoms with Crippen molar-refractivity contribution >= 4 is 58.4 Å². The van der Waals surface area contributed by atoms with Crippen LogP contribution in [0.2, 0.25) is 15.1 Å². The summed E-state index contributed by atoms with van der Waals surface area (Å²) in [5.74, 6) is -0.223. The fourth-order valence-electron chi connectivity index (χ4n) is 2.70. The highest BCUT2D eigenvalue weighted by Gasteiger charge is 2.29. The van der Waals surface area contributed by atoms with E-state index in [0.29, 0.717) is 27.1 Å². The zero-order chi connectivity index (χ0) is 20.7. The van der Waals surface area contributed by atoms with E-state index in [1.54, 1.807) is 37.4 Å². The van der Waals surface area contributed by atoms with Crippen LogP contribution in [0.5, 0.6) is 0 Å². The van der Waals surface area contributed by atoms with Gasteiger partial charge in [-0.15, -0.1) is 11.8 Å². The molecule has 150 valence electrons. The number of benzene rings is 2.